The first-order valence-corrected chi connectivity index (χ1v) is 13.0. The molecule has 1 aliphatic carbocycles. The Kier molecular flexibility index (Phi) is 8.27. The van der Waals surface area contributed by atoms with Gasteiger partial charge in [-0.25, -0.2) is 4.58 Å². The predicted octanol–water partition coefficient (Wildman–Crippen LogP) is 3.76. The molecular weight excluding hydrogens is 478 g/mol. The first-order chi connectivity index (χ1) is 18.2. The molecule has 0 unspecified atom stereocenters. The van der Waals surface area contributed by atoms with Crippen molar-refractivity contribution < 1.29 is 19.1 Å². The molecule has 7 heteroatoms. The standard InChI is InChI=1S/C31H35N3O4/c1-33(2)21-11-14-24-28(18-21)38-29-19-22(34(3)4)12-15-25(29)30(24)26-17-20(10-13-23(26)31(36)37)27(35)9-7-5-6-8-16-32/h10-15,17-19H,5-9,16,32H2,1-4H3. The van der Waals surface area contributed by atoms with Crippen LogP contribution in [0.3, 0.4) is 0 Å². The number of carbonyl (C=O) groups is 2. The number of nitrogens with zero attached hydrogens (tertiary/aromatic N) is 2. The minimum absolute atomic E-state index is 0.0112. The third-order valence-electron chi connectivity index (χ3n) is 6.91. The molecule has 0 saturated heterocycles. The molecule has 4 rings (SSSR count). The van der Waals surface area contributed by atoms with Crippen LogP contribution in [0.5, 0.6) is 0 Å². The summed E-state index contributed by atoms with van der Waals surface area (Å²) >= 11 is 0. The molecule has 2 aliphatic rings. The first-order valence-electron chi connectivity index (χ1n) is 13.0. The van der Waals surface area contributed by atoms with Gasteiger partial charge >= 0.3 is 0 Å². The molecular formula is C31H35N3O4. The zero-order valence-electron chi connectivity index (χ0n) is 22.5. The number of fused-ring (bicyclic) bond motifs is 2. The number of carbonyl (C=O) groups excluding carboxylic acids is 2. The molecule has 198 valence electrons. The van der Waals surface area contributed by atoms with E-state index in [1.54, 1.807) is 12.1 Å². The van der Waals surface area contributed by atoms with Crippen molar-refractivity contribution in [3.8, 4) is 22.5 Å². The molecule has 2 aromatic rings. The van der Waals surface area contributed by atoms with Gasteiger partial charge in [-0.2, -0.15) is 0 Å². The molecule has 0 saturated carbocycles. The highest BCUT2D eigenvalue weighted by molar-refractivity contribution is 6.09. The number of nitrogens with two attached hydrogens (primary N) is 1. The second kappa shape index (κ2) is 11.6. The van der Waals surface area contributed by atoms with Crippen LogP contribution in [0.15, 0.2) is 59.0 Å². The molecule has 7 nitrogen and oxygen atoms in total. The van der Waals surface area contributed by atoms with E-state index in [1.165, 1.54) is 6.07 Å². The van der Waals surface area contributed by atoms with E-state index < -0.39 is 5.97 Å². The molecule has 1 aliphatic heterocycles. The normalized spacial score (nSPS) is 11.2. The van der Waals surface area contributed by atoms with Crippen LogP contribution >= 0.6 is 0 Å². The van der Waals surface area contributed by atoms with Crippen LogP contribution in [0, 0.1) is 0 Å². The summed E-state index contributed by atoms with van der Waals surface area (Å²) in [4.78, 5) is 27.3. The zero-order chi connectivity index (χ0) is 27.4. The highest BCUT2D eigenvalue weighted by Crippen LogP contribution is 2.42. The Morgan fingerprint density at radius 2 is 1.68 bits per heavy atom. The Balaban J connectivity index is 1.94. The molecule has 38 heavy (non-hydrogen) atoms. The van der Waals surface area contributed by atoms with Gasteiger partial charge in [0, 0.05) is 66.0 Å². The van der Waals surface area contributed by atoms with Gasteiger partial charge in [0.15, 0.2) is 5.78 Å². The van der Waals surface area contributed by atoms with E-state index in [1.807, 2.05) is 74.1 Å². The fraction of sp³-hybridized carbons (Fsp3) is 0.323. The van der Waals surface area contributed by atoms with E-state index >= 15 is 0 Å². The SMILES string of the molecule is CN(C)c1ccc2c(-c3cc(C(=O)CCCCCCN)ccc3C(=O)[O-])c3ccc(=[N+](C)C)cc-3oc2c1. The number of anilines is 1. The molecule has 0 atom stereocenters. The van der Waals surface area contributed by atoms with Crippen molar-refractivity contribution in [2.45, 2.75) is 32.1 Å². The van der Waals surface area contributed by atoms with Gasteiger partial charge in [-0.3, -0.25) is 4.79 Å². The largest absolute Gasteiger partial charge is 0.545 e. The van der Waals surface area contributed by atoms with E-state index in [4.69, 9.17) is 10.2 Å². The number of Topliss-reactive ketones (excluding diaryl/α,β-unsaturated/α-hetero) is 1. The lowest BCUT2D eigenvalue weighted by Gasteiger charge is -2.20. The van der Waals surface area contributed by atoms with E-state index in [0.717, 1.165) is 47.7 Å². The molecule has 0 radical (unpaired) electrons. The summed E-state index contributed by atoms with van der Waals surface area (Å²) in [6.07, 6.45) is 4.05. The number of carboxylic acids is 1. The van der Waals surface area contributed by atoms with Gasteiger partial charge in [0.05, 0.1) is 12.0 Å². The van der Waals surface area contributed by atoms with Crippen molar-refractivity contribution in [1.82, 2.24) is 4.58 Å². The average Bonchev–Trinajstić information content (AvgIpc) is 2.90. The summed E-state index contributed by atoms with van der Waals surface area (Å²) in [5.41, 5.74) is 9.57. The lowest BCUT2D eigenvalue weighted by molar-refractivity contribution is -0.254. The monoisotopic (exact) mass is 513 g/mol. The quantitative estimate of drug-likeness (QED) is 0.150. The fourth-order valence-electron chi connectivity index (χ4n) is 4.74. The van der Waals surface area contributed by atoms with E-state index in [2.05, 4.69) is 0 Å². The Morgan fingerprint density at radius 3 is 2.37 bits per heavy atom. The highest BCUT2D eigenvalue weighted by atomic mass is 16.4. The number of hydrogen-bond donors (Lipinski definition) is 1. The number of unbranched alkanes of at least 4 members (excludes halogenated alkanes) is 3. The minimum Gasteiger partial charge on any atom is -0.545 e. The van der Waals surface area contributed by atoms with Crippen molar-refractivity contribution >= 4 is 28.4 Å². The van der Waals surface area contributed by atoms with Gasteiger partial charge in [-0.15, -0.1) is 0 Å². The van der Waals surface area contributed by atoms with Crippen LogP contribution in [-0.4, -0.2) is 46.5 Å². The zero-order valence-corrected chi connectivity index (χ0v) is 22.5. The maximum absolute atomic E-state index is 13.1. The number of ketones is 1. The molecule has 0 spiro atoms. The first kappa shape index (κ1) is 27.1. The lowest BCUT2D eigenvalue weighted by Crippen LogP contribution is -2.23. The molecule has 0 bridgehead atoms. The minimum atomic E-state index is -1.29. The Labute approximate surface area is 223 Å². The summed E-state index contributed by atoms with van der Waals surface area (Å²) in [6, 6.07) is 16.5. The number of hydrogen-bond acceptors (Lipinski definition) is 6. The number of carboxylic acid groups (broad SMARTS) is 1. The van der Waals surface area contributed by atoms with Gasteiger partial charge in [0.1, 0.15) is 25.4 Å². The summed E-state index contributed by atoms with van der Waals surface area (Å²) < 4.78 is 8.34. The van der Waals surface area contributed by atoms with Crippen LogP contribution in [-0.2, 0) is 0 Å². The Bertz CT molecular complexity index is 1530. The van der Waals surface area contributed by atoms with Crippen molar-refractivity contribution in [3.05, 3.63) is 71.1 Å². The van der Waals surface area contributed by atoms with Gasteiger partial charge in [-0.1, -0.05) is 25.0 Å². The third-order valence-corrected chi connectivity index (χ3v) is 6.91. The number of rotatable bonds is 10. The number of benzene rings is 3. The Morgan fingerprint density at radius 1 is 0.921 bits per heavy atom. The predicted molar refractivity (Wildman–Crippen MR) is 151 cm³/mol. The molecule has 0 amide bonds. The van der Waals surface area contributed by atoms with Gasteiger partial charge in [0.25, 0.3) is 0 Å². The van der Waals surface area contributed by atoms with Crippen LogP contribution in [0.25, 0.3) is 33.4 Å². The van der Waals surface area contributed by atoms with Crippen molar-refractivity contribution in [2.24, 2.45) is 5.73 Å². The number of aromatic carboxylic acids is 1. The summed E-state index contributed by atoms with van der Waals surface area (Å²) in [7, 11) is 7.80. The average molecular weight is 514 g/mol. The van der Waals surface area contributed by atoms with Crippen LogP contribution in [0.4, 0.5) is 5.69 Å². The van der Waals surface area contributed by atoms with Crippen LogP contribution in [0.1, 0.15) is 52.8 Å². The molecule has 1 heterocycles. The molecule has 2 N–H and O–H groups in total. The second-order valence-electron chi connectivity index (χ2n) is 10.1. The smallest absolute Gasteiger partial charge is 0.203 e. The molecule has 2 aromatic carbocycles. The van der Waals surface area contributed by atoms with E-state index in [0.29, 0.717) is 41.0 Å². The maximum Gasteiger partial charge on any atom is 0.203 e. The van der Waals surface area contributed by atoms with Crippen LogP contribution < -0.4 is 25.7 Å². The summed E-state index contributed by atoms with van der Waals surface area (Å²) in [6.45, 7) is 0.652. The summed E-state index contributed by atoms with van der Waals surface area (Å²) in [5.74, 6) is -0.684. The highest BCUT2D eigenvalue weighted by Gasteiger charge is 2.22. The second-order valence-corrected chi connectivity index (χ2v) is 10.1. The molecule has 0 fully saturated rings. The van der Waals surface area contributed by atoms with Gasteiger partial charge < -0.3 is 25.0 Å². The van der Waals surface area contributed by atoms with E-state index in [9.17, 15) is 14.7 Å². The van der Waals surface area contributed by atoms with E-state index in [-0.39, 0.29) is 11.3 Å². The van der Waals surface area contributed by atoms with Gasteiger partial charge in [-0.05, 0) is 49.2 Å². The third kappa shape index (κ3) is 5.63. The van der Waals surface area contributed by atoms with Crippen molar-refractivity contribution in [1.29, 1.82) is 0 Å². The summed E-state index contributed by atoms with van der Waals surface area (Å²) in [5, 5.41) is 14.0. The maximum atomic E-state index is 13.1. The van der Waals surface area contributed by atoms with Crippen LogP contribution in [0.2, 0.25) is 0 Å². The Hall–Kier alpha value is -3.97. The topological polar surface area (TPSA) is 103 Å². The molecule has 0 aromatic heterocycles. The van der Waals surface area contributed by atoms with Crippen molar-refractivity contribution in [3.63, 3.8) is 0 Å². The lowest BCUT2D eigenvalue weighted by atomic mass is 9.88. The fourth-order valence-corrected chi connectivity index (χ4v) is 4.74. The van der Waals surface area contributed by atoms with Gasteiger partial charge in [0.2, 0.25) is 5.36 Å². The van der Waals surface area contributed by atoms with Crippen molar-refractivity contribution in [2.75, 3.05) is 39.6 Å².